The molecule has 1 heterocycles. The Balaban J connectivity index is 1.38. The van der Waals surface area contributed by atoms with Gasteiger partial charge in [0.15, 0.2) is 23.1 Å². The smallest absolute Gasteiger partial charge is 0.238 e. The van der Waals surface area contributed by atoms with E-state index < -0.39 is 35.0 Å². The summed E-state index contributed by atoms with van der Waals surface area (Å²) in [5, 5.41) is 10.9. The largest absolute Gasteiger partial charge is 0.503 e. The quantitative estimate of drug-likeness (QED) is 0.125. The number of Topliss-reactive ketones (excluding diaryl/α,β-unsaturated/α-hetero) is 1. The minimum Gasteiger partial charge on any atom is -0.503 e. The van der Waals surface area contributed by atoms with E-state index in [0.29, 0.717) is 38.8 Å². The number of phenols is 1. The van der Waals surface area contributed by atoms with Gasteiger partial charge in [0.25, 0.3) is 0 Å². The van der Waals surface area contributed by atoms with Crippen molar-refractivity contribution in [1.29, 1.82) is 0 Å². The maximum absolute atomic E-state index is 15.2. The van der Waals surface area contributed by atoms with Crippen LogP contribution >= 0.6 is 38.5 Å². The van der Waals surface area contributed by atoms with Crippen LogP contribution in [0.4, 0.5) is 5.69 Å². The lowest BCUT2D eigenvalue weighted by atomic mass is 9.44. The number of ketones is 2. The van der Waals surface area contributed by atoms with E-state index >= 15 is 9.59 Å². The summed E-state index contributed by atoms with van der Waals surface area (Å²) in [6.07, 6.45) is 4.05. The number of phenolic OH excluding ortho intramolecular Hbond substituents is 1. The van der Waals surface area contributed by atoms with E-state index in [-0.39, 0.29) is 41.3 Å². The molecule has 0 radical (unpaired) electrons. The summed E-state index contributed by atoms with van der Waals surface area (Å²) in [4.78, 5) is 60.1. The Kier molecular flexibility index (Phi) is 8.18. The van der Waals surface area contributed by atoms with E-state index in [1.165, 1.54) is 18.1 Å². The van der Waals surface area contributed by atoms with Gasteiger partial charge in [0, 0.05) is 21.0 Å². The number of anilines is 1. The van der Waals surface area contributed by atoms with Crippen LogP contribution in [-0.4, -0.2) is 35.6 Å². The van der Waals surface area contributed by atoms with E-state index in [1.807, 2.05) is 78.9 Å². The molecular formula is C41H31BrINO6. The molecule has 9 heteroatoms. The summed E-state index contributed by atoms with van der Waals surface area (Å²) < 4.78 is 6.95. The number of hydrogen-bond acceptors (Lipinski definition) is 6. The molecule has 50 heavy (non-hydrogen) atoms. The Hall–Kier alpha value is -4.35. The monoisotopic (exact) mass is 839 g/mol. The zero-order valence-electron chi connectivity index (χ0n) is 26.9. The highest BCUT2D eigenvalue weighted by Gasteiger charge is 2.66. The van der Waals surface area contributed by atoms with E-state index in [2.05, 4.69) is 38.5 Å². The predicted octanol–water partition coefficient (Wildman–Crippen LogP) is 7.80. The molecule has 4 aromatic carbocycles. The molecule has 1 aliphatic heterocycles. The van der Waals surface area contributed by atoms with Crippen LogP contribution in [0.3, 0.4) is 0 Å². The zero-order valence-corrected chi connectivity index (χ0v) is 30.6. The second-order valence-electron chi connectivity index (χ2n) is 13.3. The SMILES string of the molecule is COc1cc([C@H]2C3=CC[C@@H]4C(=O)N(c5ccc(I)cc5)C(=O)[C@@H]4[C@@H]3C[C@H]3C(=O)C(c4ccccc4)=CC(=O)[C@@]23c2ccccc2)cc(Br)c1O. The van der Waals surface area contributed by atoms with Crippen molar-refractivity contribution in [2.24, 2.45) is 23.7 Å². The molecule has 0 unspecified atom stereocenters. The number of amides is 2. The summed E-state index contributed by atoms with van der Waals surface area (Å²) in [5.41, 5.74) is 2.31. The highest BCUT2D eigenvalue weighted by molar-refractivity contribution is 14.1. The highest BCUT2D eigenvalue weighted by atomic mass is 127. The molecule has 1 N–H and O–H groups in total. The van der Waals surface area contributed by atoms with Crippen molar-refractivity contribution in [2.45, 2.75) is 24.2 Å². The van der Waals surface area contributed by atoms with E-state index in [4.69, 9.17) is 4.74 Å². The fourth-order valence-electron chi connectivity index (χ4n) is 9.01. The third-order valence-corrected chi connectivity index (χ3v) is 12.4. The maximum Gasteiger partial charge on any atom is 0.238 e. The summed E-state index contributed by atoms with van der Waals surface area (Å²) >= 11 is 5.69. The van der Waals surface area contributed by atoms with E-state index in [1.54, 1.807) is 24.3 Å². The van der Waals surface area contributed by atoms with Crippen LogP contribution in [0, 0.1) is 27.2 Å². The first kappa shape index (κ1) is 32.8. The minimum absolute atomic E-state index is 0.0892. The van der Waals surface area contributed by atoms with Crippen molar-refractivity contribution in [1.82, 2.24) is 0 Å². The molecule has 1 saturated carbocycles. The first-order chi connectivity index (χ1) is 24.2. The van der Waals surface area contributed by atoms with Crippen LogP contribution in [0.1, 0.15) is 35.4 Å². The molecule has 4 aliphatic rings. The Labute approximate surface area is 311 Å². The second kappa shape index (κ2) is 12.5. The van der Waals surface area contributed by atoms with Crippen LogP contribution in [-0.2, 0) is 24.6 Å². The van der Waals surface area contributed by atoms with Crippen molar-refractivity contribution in [3.63, 3.8) is 0 Å². The third-order valence-electron chi connectivity index (χ3n) is 11.1. The van der Waals surface area contributed by atoms with Gasteiger partial charge < -0.3 is 9.84 Å². The van der Waals surface area contributed by atoms with Gasteiger partial charge in [-0.25, -0.2) is 0 Å². The number of aromatic hydroxyl groups is 1. The summed E-state index contributed by atoms with van der Waals surface area (Å²) in [7, 11) is 1.46. The number of halogens is 2. The Bertz CT molecular complexity index is 2150. The first-order valence-electron chi connectivity index (χ1n) is 16.5. The van der Waals surface area contributed by atoms with Crippen molar-refractivity contribution in [2.75, 3.05) is 12.0 Å². The molecule has 0 bridgehead atoms. The molecule has 2 amide bonds. The summed E-state index contributed by atoms with van der Waals surface area (Å²) in [6, 6.07) is 29.4. The number of fused-ring (bicyclic) bond motifs is 4. The number of benzene rings is 4. The second-order valence-corrected chi connectivity index (χ2v) is 15.4. The average Bonchev–Trinajstić information content (AvgIpc) is 3.40. The molecule has 7 nitrogen and oxygen atoms in total. The number of methoxy groups -OCH3 is 1. The van der Waals surface area contributed by atoms with Crippen LogP contribution < -0.4 is 9.64 Å². The fourth-order valence-corrected chi connectivity index (χ4v) is 9.83. The van der Waals surface area contributed by atoms with Gasteiger partial charge in [-0.1, -0.05) is 72.3 Å². The highest BCUT2D eigenvalue weighted by Crippen LogP contribution is 2.64. The molecule has 1 saturated heterocycles. The maximum atomic E-state index is 15.2. The molecule has 0 aromatic heterocycles. The molecule has 0 spiro atoms. The summed E-state index contributed by atoms with van der Waals surface area (Å²) in [6.45, 7) is 0. The average molecular weight is 841 g/mol. The van der Waals surface area contributed by atoms with Gasteiger partial charge in [0.05, 0.1) is 34.5 Å². The number of allylic oxidation sites excluding steroid dienone is 4. The predicted molar refractivity (Wildman–Crippen MR) is 201 cm³/mol. The number of carbonyl (C=O) groups excluding carboxylic acids is 4. The summed E-state index contributed by atoms with van der Waals surface area (Å²) in [5.74, 6) is -4.22. The van der Waals surface area contributed by atoms with Gasteiger partial charge in [-0.15, -0.1) is 0 Å². The lowest BCUT2D eigenvalue weighted by Gasteiger charge is -2.55. The lowest BCUT2D eigenvalue weighted by molar-refractivity contribution is -0.135. The number of ether oxygens (including phenoxy) is 1. The first-order valence-corrected chi connectivity index (χ1v) is 18.3. The van der Waals surface area contributed by atoms with Gasteiger partial charge in [-0.2, -0.15) is 0 Å². The van der Waals surface area contributed by atoms with Gasteiger partial charge in [0.2, 0.25) is 11.8 Å². The number of rotatable bonds is 5. The van der Waals surface area contributed by atoms with Crippen molar-refractivity contribution < 1.29 is 29.0 Å². The molecule has 3 aliphatic carbocycles. The lowest BCUT2D eigenvalue weighted by Crippen LogP contribution is -2.58. The normalized spacial score (nSPS) is 27.3. The Morgan fingerprint density at radius 2 is 1.56 bits per heavy atom. The van der Waals surface area contributed by atoms with E-state index in [9.17, 15) is 14.7 Å². The number of imide groups is 1. The number of nitrogens with zero attached hydrogens (tertiary/aromatic N) is 1. The number of carbonyl (C=O) groups is 4. The van der Waals surface area contributed by atoms with E-state index in [0.717, 1.165) is 9.14 Å². The molecule has 2 fully saturated rings. The Morgan fingerprint density at radius 1 is 0.880 bits per heavy atom. The van der Waals surface area contributed by atoms with Crippen LogP contribution in [0.25, 0.3) is 5.57 Å². The molecular weight excluding hydrogens is 809 g/mol. The van der Waals surface area contributed by atoms with Crippen LogP contribution in [0.2, 0.25) is 0 Å². The zero-order chi connectivity index (χ0) is 34.9. The van der Waals surface area contributed by atoms with Crippen molar-refractivity contribution >= 4 is 73.2 Å². The van der Waals surface area contributed by atoms with Gasteiger partial charge in [0.1, 0.15) is 0 Å². The fraction of sp³-hybridized carbons (Fsp3) is 0.220. The van der Waals surface area contributed by atoms with Gasteiger partial charge in [-0.05, 0) is 116 Å². The van der Waals surface area contributed by atoms with Crippen LogP contribution in [0.15, 0.2) is 119 Å². The third kappa shape index (κ3) is 4.80. The molecule has 250 valence electrons. The van der Waals surface area contributed by atoms with Gasteiger partial charge in [-0.3, -0.25) is 24.1 Å². The topological polar surface area (TPSA) is 101 Å². The van der Waals surface area contributed by atoms with Crippen molar-refractivity contribution in [3.05, 3.63) is 140 Å². The molecule has 4 aromatic rings. The van der Waals surface area contributed by atoms with Crippen molar-refractivity contribution in [3.8, 4) is 11.5 Å². The molecule has 6 atom stereocenters. The number of hydrogen-bond donors (Lipinski definition) is 1. The Morgan fingerprint density at radius 3 is 2.24 bits per heavy atom. The minimum atomic E-state index is -1.38. The molecule has 8 rings (SSSR count). The van der Waals surface area contributed by atoms with Gasteiger partial charge >= 0.3 is 0 Å². The standard InChI is InChI=1S/C41H31BrINO6/c1-50-33-19-23(18-32(42)38(33)47)36-27-16-17-28-35(40(49)44(39(28)48)26-14-12-25(43)13-15-26)30(27)20-31-37(46)29(22-8-4-2-5-9-22)21-34(45)41(31,36)24-10-6-3-7-11-24/h2-16,18-19,21,28,30-31,35-36,47H,17,20H2,1H3/t28-,30+,31-,35-,36-,41-/m0/s1. The van der Waals surface area contributed by atoms with Crippen LogP contribution in [0.5, 0.6) is 11.5 Å².